The number of hydrogen-bond acceptors (Lipinski definition) is 4. The molecule has 1 aromatic rings. The predicted octanol–water partition coefficient (Wildman–Crippen LogP) is 1.44. The van der Waals surface area contributed by atoms with Gasteiger partial charge in [0.2, 0.25) is 0 Å². The second kappa shape index (κ2) is 6.16. The topological polar surface area (TPSA) is 47.6 Å². The summed E-state index contributed by atoms with van der Waals surface area (Å²) in [5.41, 5.74) is 3.86. The monoisotopic (exact) mass is 209 g/mol. The molecule has 1 aromatic carbocycles. The zero-order valence-corrected chi connectivity index (χ0v) is 8.90. The van der Waals surface area contributed by atoms with Gasteiger partial charge in [0.15, 0.2) is 6.61 Å². The lowest BCUT2D eigenvalue weighted by Gasteiger charge is -2.13. The van der Waals surface area contributed by atoms with Gasteiger partial charge in [0.1, 0.15) is 0 Å². The first-order valence-electron chi connectivity index (χ1n) is 4.73. The maximum Gasteiger partial charge on any atom is 0.333 e. The number of methoxy groups -OCH3 is 1. The van der Waals surface area contributed by atoms with Crippen molar-refractivity contribution in [3.05, 3.63) is 35.9 Å². The number of esters is 1. The van der Waals surface area contributed by atoms with Gasteiger partial charge < -0.3 is 4.74 Å². The summed E-state index contributed by atoms with van der Waals surface area (Å²) in [4.78, 5) is 15.7. The summed E-state index contributed by atoms with van der Waals surface area (Å²) in [5, 5.41) is 0. The molecule has 82 valence electrons. The first-order chi connectivity index (χ1) is 7.24. The second-order valence-corrected chi connectivity index (χ2v) is 3.12. The first kappa shape index (κ1) is 11.7. The molecule has 1 rings (SSSR count). The van der Waals surface area contributed by atoms with Crippen molar-refractivity contribution in [1.82, 2.24) is 5.48 Å². The average Bonchev–Trinajstić information content (AvgIpc) is 2.29. The molecule has 0 unspecified atom stereocenters. The van der Waals surface area contributed by atoms with Crippen molar-refractivity contribution in [2.24, 2.45) is 0 Å². The van der Waals surface area contributed by atoms with Crippen LogP contribution < -0.4 is 5.48 Å². The summed E-state index contributed by atoms with van der Waals surface area (Å²) in [7, 11) is 1.33. The Morgan fingerprint density at radius 3 is 2.67 bits per heavy atom. The Hall–Kier alpha value is -1.39. The fraction of sp³-hybridized carbons (Fsp3) is 0.364. The molecule has 0 spiro atoms. The normalized spacial score (nSPS) is 12.1. The van der Waals surface area contributed by atoms with Gasteiger partial charge >= 0.3 is 5.97 Å². The van der Waals surface area contributed by atoms with Gasteiger partial charge in [-0.15, -0.1) is 0 Å². The molecule has 1 atom stereocenters. The highest BCUT2D eigenvalue weighted by molar-refractivity contribution is 5.70. The molecule has 4 nitrogen and oxygen atoms in total. The van der Waals surface area contributed by atoms with E-state index >= 15 is 0 Å². The summed E-state index contributed by atoms with van der Waals surface area (Å²) in [6.07, 6.45) is 0. The van der Waals surface area contributed by atoms with E-state index in [0.29, 0.717) is 0 Å². The molecule has 0 amide bonds. The van der Waals surface area contributed by atoms with Crippen molar-refractivity contribution in [3.8, 4) is 0 Å². The van der Waals surface area contributed by atoms with E-state index in [0.717, 1.165) is 5.56 Å². The fourth-order valence-electron chi connectivity index (χ4n) is 1.09. The molecule has 0 aliphatic rings. The number of ether oxygens (including phenoxy) is 1. The van der Waals surface area contributed by atoms with Crippen LogP contribution in [0.15, 0.2) is 30.3 Å². The lowest BCUT2D eigenvalue weighted by molar-refractivity contribution is -0.149. The quantitative estimate of drug-likeness (QED) is 0.589. The molecule has 0 bridgehead atoms. The minimum Gasteiger partial charge on any atom is -0.467 e. The maximum absolute atomic E-state index is 10.7. The molecule has 0 saturated carbocycles. The van der Waals surface area contributed by atoms with Crippen LogP contribution in [0.4, 0.5) is 0 Å². The van der Waals surface area contributed by atoms with Crippen LogP contribution in [-0.4, -0.2) is 19.7 Å². The van der Waals surface area contributed by atoms with E-state index in [1.54, 1.807) is 0 Å². The van der Waals surface area contributed by atoms with Crippen molar-refractivity contribution in [2.75, 3.05) is 13.7 Å². The number of carbonyl (C=O) groups is 1. The first-order valence-corrected chi connectivity index (χ1v) is 4.73. The summed E-state index contributed by atoms with van der Waals surface area (Å²) in [6.45, 7) is 1.86. The van der Waals surface area contributed by atoms with Crippen molar-refractivity contribution in [1.29, 1.82) is 0 Å². The smallest absolute Gasteiger partial charge is 0.333 e. The summed E-state index contributed by atoms with van der Waals surface area (Å²) >= 11 is 0. The predicted molar refractivity (Wildman–Crippen MR) is 56.0 cm³/mol. The third kappa shape index (κ3) is 4.10. The van der Waals surface area contributed by atoms with Crippen molar-refractivity contribution in [2.45, 2.75) is 13.0 Å². The van der Waals surface area contributed by atoms with Crippen LogP contribution in [0.3, 0.4) is 0 Å². The highest BCUT2D eigenvalue weighted by atomic mass is 16.7. The van der Waals surface area contributed by atoms with Gasteiger partial charge in [0.05, 0.1) is 13.2 Å². The van der Waals surface area contributed by atoms with Crippen LogP contribution in [-0.2, 0) is 14.4 Å². The Kier molecular flexibility index (Phi) is 4.80. The molecule has 1 N–H and O–H groups in total. The number of benzene rings is 1. The van der Waals surface area contributed by atoms with Crippen molar-refractivity contribution in [3.63, 3.8) is 0 Å². The molecule has 0 aliphatic carbocycles. The summed E-state index contributed by atoms with van der Waals surface area (Å²) < 4.78 is 4.43. The van der Waals surface area contributed by atoms with Crippen LogP contribution >= 0.6 is 0 Å². The number of hydrogen-bond donors (Lipinski definition) is 1. The van der Waals surface area contributed by atoms with Gasteiger partial charge in [0, 0.05) is 0 Å². The van der Waals surface area contributed by atoms with Crippen molar-refractivity contribution < 1.29 is 14.4 Å². The van der Waals surface area contributed by atoms with E-state index in [-0.39, 0.29) is 12.6 Å². The second-order valence-electron chi connectivity index (χ2n) is 3.12. The maximum atomic E-state index is 10.7. The lowest BCUT2D eigenvalue weighted by atomic mass is 10.1. The van der Waals surface area contributed by atoms with Crippen LogP contribution in [0.25, 0.3) is 0 Å². The average molecular weight is 209 g/mol. The molecule has 0 radical (unpaired) electrons. The molecule has 0 saturated heterocycles. The number of nitrogens with one attached hydrogen (secondary N) is 1. The van der Waals surface area contributed by atoms with Crippen LogP contribution in [0.5, 0.6) is 0 Å². The van der Waals surface area contributed by atoms with Gasteiger partial charge in [-0.3, -0.25) is 4.84 Å². The van der Waals surface area contributed by atoms with E-state index in [4.69, 9.17) is 4.84 Å². The molecule has 4 heteroatoms. The van der Waals surface area contributed by atoms with E-state index in [9.17, 15) is 4.79 Å². The van der Waals surface area contributed by atoms with Crippen molar-refractivity contribution >= 4 is 5.97 Å². The molecule has 0 heterocycles. The number of rotatable bonds is 5. The van der Waals surface area contributed by atoms with Crippen LogP contribution in [0, 0.1) is 0 Å². The molecule has 0 aromatic heterocycles. The summed E-state index contributed by atoms with van der Waals surface area (Å²) in [6, 6.07) is 9.86. The zero-order valence-electron chi connectivity index (χ0n) is 8.90. The van der Waals surface area contributed by atoms with E-state index in [1.165, 1.54) is 7.11 Å². The van der Waals surface area contributed by atoms with Gasteiger partial charge in [-0.1, -0.05) is 30.3 Å². The van der Waals surface area contributed by atoms with E-state index < -0.39 is 5.97 Å². The van der Waals surface area contributed by atoms with E-state index in [1.807, 2.05) is 37.3 Å². The van der Waals surface area contributed by atoms with Gasteiger partial charge in [-0.2, -0.15) is 5.48 Å². The Labute approximate surface area is 89.1 Å². The Morgan fingerprint density at radius 1 is 1.40 bits per heavy atom. The summed E-state index contributed by atoms with van der Waals surface area (Å²) in [5.74, 6) is -0.400. The van der Waals surface area contributed by atoms with Crippen LogP contribution in [0.1, 0.15) is 18.5 Å². The van der Waals surface area contributed by atoms with Crippen LogP contribution in [0.2, 0.25) is 0 Å². The molecule has 0 aliphatic heterocycles. The largest absolute Gasteiger partial charge is 0.467 e. The molecular weight excluding hydrogens is 194 g/mol. The fourth-order valence-corrected chi connectivity index (χ4v) is 1.09. The minimum absolute atomic E-state index is 0.0378. The number of carbonyl (C=O) groups excluding carboxylic acids is 1. The molecule has 0 fully saturated rings. The van der Waals surface area contributed by atoms with Gasteiger partial charge in [-0.25, -0.2) is 4.79 Å². The Bertz CT molecular complexity index is 300. The third-order valence-corrected chi connectivity index (χ3v) is 1.98. The standard InChI is InChI=1S/C11H15NO3/c1-9(10-6-4-3-5-7-10)12-15-8-11(13)14-2/h3-7,9,12H,8H2,1-2H3/t9-/m0/s1. The third-order valence-electron chi connectivity index (χ3n) is 1.98. The van der Waals surface area contributed by atoms with Gasteiger partial charge in [-0.05, 0) is 12.5 Å². The Morgan fingerprint density at radius 2 is 2.07 bits per heavy atom. The minimum atomic E-state index is -0.400. The van der Waals surface area contributed by atoms with Gasteiger partial charge in [0.25, 0.3) is 0 Å². The molecule has 15 heavy (non-hydrogen) atoms. The highest BCUT2D eigenvalue weighted by Crippen LogP contribution is 2.10. The lowest BCUT2D eigenvalue weighted by Crippen LogP contribution is -2.23. The Balaban J connectivity index is 2.31. The number of hydroxylamine groups is 1. The highest BCUT2D eigenvalue weighted by Gasteiger charge is 2.05. The molecular formula is C11H15NO3. The zero-order chi connectivity index (χ0) is 11.1. The SMILES string of the molecule is COC(=O)CON[C@@H](C)c1ccccc1. The van der Waals surface area contributed by atoms with E-state index in [2.05, 4.69) is 10.2 Å².